The van der Waals surface area contributed by atoms with Gasteiger partial charge in [-0.25, -0.2) is 12.7 Å². The summed E-state index contributed by atoms with van der Waals surface area (Å²) < 4.78 is 30.2. The van der Waals surface area contributed by atoms with E-state index in [1.54, 1.807) is 11.8 Å². The molecule has 10 heteroatoms. The molecule has 0 bridgehead atoms. The molecule has 0 saturated carbocycles. The van der Waals surface area contributed by atoms with Crippen LogP contribution in [0.3, 0.4) is 0 Å². The molecule has 1 aliphatic rings. The lowest BCUT2D eigenvalue weighted by Crippen LogP contribution is -2.46. The van der Waals surface area contributed by atoms with Gasteiger partial charge in [-0.05, 0) is 0 Å². The molecule has 1 saturated heterocycles. The van der Waals surface area contributed by atoms with Crippen molar-refractivity contribution in [3.63, 3.8) is 0 Å². The molecule has 1 amide bonds. The fraction of sp³-hybridized carbons (Fsp3) is 0.900. The van der Waals surface area contributed by atoms with E-state index in [0.29, 0.717) is 13.1 Å². The second kappa shape index (κ2) is 9.80. The van der Waals surface area contributed by atoms with Crippen molar-refractivity contribution in [2.75, 3.05) is 50.6 Å². The predicted octanol–water partition coefficient (Wildman–Crippen LogP) is -1.12. The number of rotatable bonds is 7. The van der Waals surface area contributed by atoms with Crippen LogP contribution in [0.1, 0.15) is 0 Å². The number of nitrogens with zero attached hydrogens (tertiary/aromatic N) is 1. The molecule has 7 nitrogen and oxygen atoms in total. The maximum absolute atomic E-state index is 12.0. The van der Waals surface area contributed by atoms with E-state index in [9.17, 15) is 13.2 Å². The van der Waals surface area contributed by atoms with E-state index in [1.165, 1.54) is 11.4 Å². The fourth-order valence-corrected chi connectivity index (χ4v) is 4.13. The Bertz CT molecular complexity index is 388. The molecule has 0 aromatic heterocycles. The predicted molar refractivity (Wildman–Crippen MR) is 82.8 cm³/mol. The summed E-state index contributed by atoms with van der Waals surface area (Å²) in [4.78, 5) is 11.5. The highest BCUT2D eigenvalue weighted by Crippen LogP contribution is 2.12. The Morgan fingerprint density at radius 1 is 1.45 bits per heavy atom. The van der Waals surface area contributed by atoms with E-state index in [-0.39, 0.29) is 31.3 Å². The summed E-state index contributed by atoms with van der Waals surface area (Å²) in [6, 6.07) is -0.765. The van der Waals surface area contributed by atoms with Crippen LogP contribution in [-0.2, 0) is 19.6 Å². The number of hydrogen-bond acceptors (Lipinski definition) is 6. The molecule has 0 aromatic carbocycles. The van der Waals surface area contributed by atoms with Crippen molar-refractivity contribution in [1.82, 2.24) is 9.62 Å². The third-order valence-corrected chi connectivity index (χ3v) is 5.52. The number of thioether (sulfide) groups is 1. The van der Waals surface area contributed by atoms with Crippen LogP contribution < -0.4 is 11.1 Å². The zero-order chi connectivity index (χ0) is 14.3. The molecule has 120 valence electrons. The van der Waals surface area contributed by atoms with Gasteiger partial charge in [0.25, 0.3) is 0 Å². The second-order valence-electron chi connectivity index (χ2n) is 4.18. The monoisotopic (exact) mass is 347 g/mol. The lowest BCUT2D eigenvalue weighted by Gasteiger charge is -2.25. The molecule has 0 aliphatic carbocycles. The van der Waals surface area contributed by atoms with Crippen molar-refractivity contribution in [2.24, 2.45) is 5.73 Å². The number of hydrogen-bond donors (Lipinski definition) is 2. The number of halogens is 1. The van der Waals surface area contributed by atoms with E-state index in [2.05, 4.69) is 5.32 Å². The topological polar surface area (TPSA) is 102 Å². The Hall–Kier alpha value is -0.0600. The van der Waals surface area contributed by atoms with Gasteiger partial charge in [-0.1, -0.05) is 0 Å². The largest absolute Gasteiger partial charge is 0.383 e. The van der Waals surface area contributed by atoms with Gasteiger partial charge in [0, 0.05) is 38.2 Å². The van der Waals surface area contributed by atoms with Crippen molar-refractivity contribution in [3.8, 4) is 0 Å². The van der Waals surface area contributed by atoms with Crippen molar-refractivity contribution in [1.29, 1.82) is 0 Å². The summed E-state index contributed by atoms with van der Waals surface area (Å²) >= 11 is 1.75. The number of ether oxygens (including phenoxy) is 1. The average molecular weight is 348 g/mol. The number of nitrogens with two attached hydrogens (primary N) is 1. The van der Waals surface area contributed by atoms with Gasteiger partial charge in [0.05, 0.1) is 12.4 Å². The van der Waals surface area contributed by atoms with Gasteiger partial charge in [0.1, 0.15) is 6.04 Å². The van der Waals surface area contributed by atoms with Gasteiger partial charge in [0.2, 0.25) is 15.9 Å². The molecule has 1 atom stereocenters. The van der Waals surface area contributed by atoms with Crippen molar-refractivity contribution in [2.45, 2.75) is 6.04 Å². The summed E-state index contributed by atoms with van der Waals surface area (Å²) in [5.41, 5.74) is 5.52. The van der Waals surface area contributed by atoms with Crippen molar-refractivity contribution < 1.29 is 17.9 Å². The Kier molecular flexibility index (Phi) is 9.77. The van der Waals surface area contributed by atoms with Crippen LogP contribution in [0, 0.1) is 0 Å². The maximum atomic E-state index is 12.0. The number of amides is 1. The summed E-state index contributed by atoms with van der Waals surface area (Å²) in [5.74, 6) is 1.16. The highest BCUT2D eigenvalue weighted by molar-refractivity contribution is 7.99. The summed E-state index contributed by atoms with van der Waals surface area (Å²) in [5, 5.41) is 2.51. The minimum Gasteiger partial charge on any atom is -0.383 e. The Morgan fingerprint density at radius 3 is 2.60 bits per heavy atom. The van der Waals surface area contributed by atoms with Crippen LogP contribution in [0.15, 0.2) is 0 Å². The molecule has 3 N–H and O–H groups in total. The van der Waals surface area contributed by atoms with E-state index in [1.807, 2.05) is 0 Å². The zero-order valence-corrected chi connectivity index (χ0v) is 13.9. The van der Waals surface area contributed by atoms with Crippen molar-refractivity contribution in [3.05, 3.63) is 0 Å². The molecule has 0 spiro atoms. The lowest BCUT2D eigenvalue weighted by atomic mass is 10.3. The smallest absolute Gasteiger partial charge is 0.239 e. The van der Waals surface area contributed by atoms with Crippen LogP contribution in [0.5, 0.6) is 0 Å². The molecule has 1 aliphatic heterocycles. The first-order valence-electron chi connectivity index (χ1n) is 6.05. The minimum absolute atomic E-state index is 0. The van der Waals surface area contributed by atoms with Crippen LogP contribution in [0.2, 0.25) is 0 Å². The maximum Gasteiger partial charge on any atom is 0.239 e. The molecule has 0 radical (unpaired) electrons. The highest BCUT2D eigenvalue weighted by atomic mass is 35.5. The third-order valence-electron chi connectivity index (χ3n) is 2.71. The molecule has 1 heterocycles. The highest BCUT2D eigenvalue weighted by Gasteiger charge is 2.24. The quantitative estimate of drug-likeness (QED) is 0.604. The average Bonchev–Trinajstić information content (AvgIpc) is 2.39. The number of methoxy groups -OCH3 is 1. The van der Waals surface area contributed by atoms with E-state index in [0.717, 1.165) is 11.5 Å². The van der Waals surface area contributed by atoms with Crippen LogP contribution in [0.4, 0.5) is 0 Å². The van der Waals surface area contributed by atoms with Gasteiger partial charge in [-0.3, -0.25) is 4.79 Å². The first-order valence-corrected chi connectivity index (χ1v) is 8.81. The van der Waals surface area contributed by atoms with Gasteiger partial charge in [-0.15, -0.1) is 12.4 Å². The van der Waals surface area contributed by atoms with Crippen LogP contribution >= 0.6 is 24.2 Å². The van der Waals surface area contributed by atoms with Gasteiger partial charge >= 0.3 is 0 Å². The summed E-state index contributed by atoms with van der Waals surface area (Å²) in [6.07, 6.45) is 0. The normalized spacial score (nSPS) is 18.1. The molecule has 0 aromatic rings. The number of sulfonamides is 1. The van der Waals surface area contributed by atoms with Crippen LogP contribution in [-0.4, -0.2) is 75.3 Å². The first kappa shape index (κ1) is 19.9. The summed E-state index contributed by atoms with van der Waals surface area (Å²) in [6.45, 7) is 1.28. The lowest BCUT2D eigenvalue weighted by molar-refractivity contribution is -0.123. The molecule has 20 heavy (non-hydrogen) atoms. The number of carbonyl (C=O) groups is 1. The molecule has 1 rings (SSSR count). The van der Waals surface area contributed by atoms with Gasteiger partial charge in [-0.2, -0.15) is 11.8 Å². The third kappa shape index (κ3) is 6.59. The molecular formula is C10H22ClN3O4S2. The SMILES string of the molecule is COCC(N)C(=O)NCCS(=O)(=O)N1CCSCC1.Cl. The minimum atomic E-state index is -3.28. The van der Waals surface area contributed by atoms with Crippen LogP contribution in [0.25, 0.3) is 0 Å². The first-order chi connectivity index (χ1) is 8.97. The summed E-state index contributed by atoms with van der Waals surface area (Å²) in [7, 11) is -1.83. The van der Waals surface area contributed by atoms with Crippen molar-refractivity contribution >= 4 is 40.1 Å². The Balaban J connectivity index is 0.00000361. The molecule has 1 fully saturated rings. The standard InChI is InChI=1S/C10H21N3O4S2.ClH/c1-17-8-9(11)10(14)12-2-7-19(15,16)13-3-5-18-6-4-13;/h9H,2-8,11H2,1H3,(H,12,14);1H. The Labute approximate surface area is 130 Å². The van der Waals surface area contributed by atoms with Gasteiger partial charge < -0.3 is 15.8 Å². The number of carbonyl (C=O) groups excluding carboxylic acids is 1. The van der Waals surface area contributed by atoms with E-state index in [4.69, 9.17) is 10.5 Å². The fourth-order valence-electron chi connectivity index (χ4n) is 1.64. The Morgan fingerprint density at radius 2 is 2.05 bits per heavy atom. The number of nitrogens with one attached hydrogen (secondary N) is 1. The molecular weight excluding hydrogens is 326 g/mol. The zero-order valence-electron chi connectivity index (χ0n) is 11.4. The molecule has 1 unspecified atom stereocenters. The second-order valence-corrected chi connectivity index (χ2v) is 7.49. The van der Waals surface area contributed by atoms with Gasteiger partial charge in [0.15, 0.2) is 0 Å². The van der Waals surface area contributed by atoms with E-state index < -0.39 is 22.0 Å². The van der Waals surface area contributed by atoms with E-state index >= 15 is 0 Å².